The van der Waals surface area contributed by atoms with Gasteiger partial charge in [0.2, 0.25) is 10.0 Å². The van der Waals surface area contributed by atoms with Crippen molar-refractivity contribution in [1.82, 2.24) is 14.6 Å². The van der Waals surface area contributed by atoms with Crippen molar-refractivity contribution in [2.45, 2.75) is 44.6 Å². The van der Waals surface area contributed by atoms with Crippen molar-refractivity contribution in [1.29, 1.82) is 0 Å². The van der Waals surface area contributed by atoms with Crippen LogP contribution in [0, 0.1) is 13.8 Å². The van der Waals surface area contributed by atoms with Crippen molar-refractivity contribution >= 4 is 27.3 Å². The lowest BCUT2D eigenvalue weighted by Crippen LogP contribution is -2.35. The predicted octanol–water partition coefficient (Wildman–Crippen LogP) is 4.53. The van der Waals surface area contributed by atoms with Crippen LogP contribution in [0.25, 0.3) is 11.3 Å². The molecule has 1 saturated heterocycles. The lowest BCUT2D eigenvalue weighted by atomic mass is 10.1. The molecule has 1 aliphatic heterocycles. The second kappa shape index (κ2) is 9.52. The first-order valence-corrected chi connectivity index (χ1v) is 13.1. The Balaban J connectivity index is 1.45. The first kappa shape index (κ1) is 22.6. The van der Waals surface area contributed by atoms with Crippen molar-refractivity contribution < 1.29 is 13.2 Å². The number of hydrogen-bond donors (Lipinski definition) is 1. The Kier molecular flexibility index (Phi) is 6.74. The topological polar surface area (TPSA) is 79.4 Å². The van der Waals surface area contributed by atoms with Gasteiger partial charge in [0.15, 0.2) is 0 Å². The van der Waals surface area contributed by atoms with Crippen LogP contribution in [0.4, 0.5) is 0 Å². The molecular formula is C24H27N3O3S2. The maximum atomic E-state index is 13.0. The Bertz CT molecular complexity index is 1210. The fourth-order valence-corrected chi connectivity index (χ4v) is 5.99. The molecule has 1 aromatic heterocycles. The average molecular weight is 470 g/mol. The van der Waals surface area contributed by atoms with Crippen molar-refractivity contribution in [2.24, 2.45) is 0 Å². The molecule has 1 fully saturated rings. The summed E-state index contributed by atoms with van der Waals surface area (Å²) < 4.78 is 27.5. The monoisotopic (exact) mass is 469 g/mol. The number of benzene rings is 2. The maximum Gasteiger partial charge on any atom is 0.251 e. The minimum atomic E-state index is -3.58. The number of rotatable bonds is 6. The second-order valence-corrected chi connectivity index (χ2v) is 11.1. The smallest absolute Gasteiger partial charge is 0.251 e. The highest BCUT2D eigenvalue weighted by atomic mass is 32.2. The fourth-order valence-electron chi connectivity index (χ4n) is 3.83. The number of thiazole rings is 1. The van der Waals surface area contributed by atoms with Crippen LogP contribution < -0.4 is 5.32 Å². The molecule has 0 atom stereocenters. The molecule has 1 N–H and O–H groups in total. The van der Waals surface area contributed by atoms with Gasteiger partial charge in [-0.15, -0.1) is 11.3 Å². The summed E-state index contributed by atoms with van der Waals surface area (Å²) in [5, 5.41) is 5.97. The van der Waals surface area contributed by atoms with E-state index in [1.165, 1.54) is 10.4 Å². The molecule has 8 heteroatoms. The Labute approximate surface area is 193 Å². The first-order valence-electron chi connectivity index (χ1n) is 10.7. The van der Waals surface area contributed by atoms with Crippen LogP contribution in [-0.2, 0) is 16.6 Å². The molecule has 0 spiro atoms. The van der Waals surface area contributed by atoms with E-state index < -0.39 is 10.0 Å². The number of piperidine rings is 1. The summed E-state index contributed by atoms with van der Waals surface area (Å²) >= 11 is 1.61. The highest BCUT2D eigenvalue weighted by Gasteiger charge is 2.27. The van der Waals surface area contributed by atoms with E-state index >= 15 is 0 Å². The van der Waals surface area contributed by atoms with E-state index in [0.717, 1.165) is 46.7 Å². The van der Waals surface area contributed by atoms with Gasteiger partial charge in [-0.3, -0.25) is 4.79 Å². The minimum absolute atomic E-state index is 0.179. The van der Waals surface area contributed by atoms with E-state index in [4.69, 9.17) is 0 Å². The molecular weight excluding hydrogens is 442 g/mol. The van der Waals surface area contributed by atoms with Crippen LogP contribution in [0.3, 0.4) is 0 Å². The van der Waals surface area contributed by atoms with E-state index in [1.54, 1.807) is 23.5 Å². The predicted molar refractivity (Wildman–Crippen MR) is 127 cm³/mol. The first-order chi connectivity index (χ1) is 15.3. The molecule has 32 heavy (non-hydrogen) atoms. The zero-order valence-corrected chi connectivity index (χ0v) is 19.9. The third kappa shape index (κ3) is 4.92. The van der Waals surface area contributed by atoms with Gasteiger partial charge in [0.1, 0.15) is 0 Å². The van der Waals surface area contributed by atoms with Gasteiger partial charge in [0, 0.05) is 36.1 Å². The van der Waals surface area contributed by atoms with Gasteiger partial charge in [0.25, 0.3) is 5.91 Å². The summed E-state index contributed by atoms with van der Waals surface area (Å²) in [6.45, 7) is 5.23. The number of amides is 1. The Morgan fingerprint density at radius 1 is 1.06 bits per heavy atom. The number of aromatic nitrogens is 1. The minimum Gasteiger partial charge on any atom is -0.348 e. The number of sulfonamides is 1. The Hall–Kier alpha value is -2.55. The van der Waals surface area contributed by atoms with Crippen LogP contribution in [0.1, 0.15) is 45.8 Å². The molecule has 1 amide bonds. The summed E-state index contributed by atoms with van der Waals surface area (Å²) in [5.74, 6) is -0.280. The van der Waals surface area contributed by atoms with Crippen LogP contribution >= 0.6 is 11.3 Å². The molecule has 0 saturated carbocycles. The van der Waals surface area contributed by atoms with E-state index in [2.05, 4.69) is 10.3 Å². The third-order valence-corrected chi connectivity index (χ3v) is 8.40. The van der Waals surface area contributed by atoms with Gasteiger partial charge in [-0.1, -0.05) is 36.8 Å². The van der Waals surface area contributed by atoms with E-state index in [0.29, 0.717) is 25.2 Å². The average Bonchev–Trinajstić information content (AvgIpc) is 3.25. The van der Waals surface area contributed by atoms with Crippen LogP contribution in [0.5, 0.6) is 0 Å². The highest BCUT2D eigenvalue weighted by molar-refractivity contribution is 7.89. The van der Waals surface area contributed by atoms with Gasteiger partial charge in [-0.2, -0.15) is 4.31 Å². The summed E-state index contributed by atoms with van der Waals surface area (Å²) in [5.41, 5.74) is 4.08. The summed E-state index contributed by atoms with van der Waals surface area (Å²) in [6, 6.07) is 12.7. The van der Waals surface area contributed by atoms with E-state index in [-0.39, 0.29) is 10.8 Å². The lowest BCUT2D eigenvalue weighted by molar-refractivity contribution is 0.0950. The summed E-state index contributed by atoms with van der Waals surface area (Å²) in [7, 11) is -3.58. The van der Waals surface area contributed by atoms with Crippen LogP contribution in [0.2, 0.25) is 0 Å². The zero-order chi connectivity index (χ0) is 22.7. The Morgan fingerprint density at radius 3 is 2.44 bits per heavy atom. The standard InChI is InChI=1S/C24H27N3O3S2/c1-17-6-11-21(32(29,30)27-12-4-3-5-13-27)14-22(17)24(28)25-15-19-7-9-20(10-8-19)23-16-31-18(2)26-23/h6-11,14,16H,3-5,12-13,15H2,1-2H3,(H,25,28). The van der Waals surface area contributed by atoms with Crippen molar-refractivity contribution in [2.75, 3.05) is 13.1 Å². The van der Waals surface area contributed by atoms with Gasteiger partial charge in [-0.05, 0) is 49.9 Å². The molecule has 0 unspecified atom stereocenters. The van der Waals surface area contributed by atoms with Gasteiger partial charge in [0.05, 0.1) is 15.6 Å². The zero-order valence-electron chi connectivity index (χ0n) is 18.3. The number of hydrogen-bond acceptors (Lipinski definition) is 5. The summed E-state index contributed by atoms with van der Waals surface area (Å²) in [4.78, 5) is 17.5. The molecule has 2 heterocycles. The normalized spacial score (nSPS) is 14.9. The third-order valence-electron chi connectivity index (χ3n) is 5.73. The van der Waals surface area contributed by atoms with Crippen molar-refractivity contribution in [3.63, 3.8) is 0 Å². The van der Waals surface area contributed by atoms with Crippen LogP contribution in [0.15, 0.2) is 52.7 Å². The molecule has 168 valence electrons. The quantitative estimate of drug-likeness (QED) is 0.575. The van der Waals surface area contributed by atoms with E-state index in [1.807, 2.05) is 43.5 Å². The fraction of sp³-hybridized carbons (Fsp3) is 0.333. The molecule has 6 nitrogen and oxygen atoms in total. The van der Waals surface area contributed by atoms with Gasteiger partial charge in [-0.25, -0.2) is 13.4 Å². The summed E-state index contributed by atoms with van der Waals surface area (Å²) in [6.07, 6.45) is 2.80. The lowest BCUT2D eigenvalue weighted by Gasteiger charge is -2.26. The maximum absolute atomic E-state index is 13.0. The number of nitrogens with zero attached hydrogens (tertiary/aromatic N) is 2. The molecule has 0 aliphatic carbocycles. The van der Waals surface area contributed by atoms with Crippen molar-refractivity contribution in [3.05, 3.63) is 69.5 Å². The van der Waals surface area contributed by atoms with Gasteiger partial charge < -0.3 is 5.32 Å². The molecule has 4 rings (SSSR count). The van der Waals surface area contributed by atoms with Crippen molar-refractivity contribution in [3.8, 4) is 11.3 Å². The number of carbonyl (C=O) groups is 1. The number of nitrogens with one attached hydrogen (secondary N) is 1. The molecule has 1 aliphatic rings. The number of aryl methyl sites for hydroxylation is 2. The molecule has 3 aromatic rings. The molecule has 2 aromatic carbocycles. The molecule has 0 bridgehead atoms. The SMILES string of the molecule is Cc1nc(-c2ccc(CNC(=O)c3cc(S(=O)(=O)N4CCCCC4)ccc3C)cc2)cs1. The largest absolute Gasteiger partial charge is 0.348 e. The highest BCUT2D eigenvalue weighted by Crippen LogP contribution is 2.24. The van der Waals surface area contributed by atoms with Gasteiger partial charge >= 0.3 is 0 Å². The van der Waals surface area contributed by atoms with E-state index in [9.17, 15) is 13.2 Å². The second-order valence-electron chi connectivity index (χ2n) is 8.07. The Morgan fingerprint density at radius 2 is 1.78 bits per heavy atom. The van der Waals surface area contributed by atoms with Crippen LogP contribution in [-0.4, -0.2) is 36.7 Å². The number of carbonyl (C=O) groups excluding carboxylic acids is 1. The molecule has 0 radical (unpaired) electrons.